The number of nitrogens with one attached hydrogen (secondary N) is 1. The molecule has 0 radical (unpaired) electrons. The van der Waals surface area contributed by atoms with E-state index in [1.807, 2.05) is 6.92 Å². The summed E-state index contributed by atoms with van der Waals surface area (Å²) in [6.45, 7) is 3.92. The fraction of sp³-hybridized carbons (Fsp3) is 0.417. The summed E-state index contributed by atoms with van der Waals surface area (Å²) in [5.41, 5.74) is 0.477. The highest BCUT2D eigenvalue weighted by Crippen LogP contribution is 2.24. The lowest BCUT2D eigenvalue weighted by Gasteiger charge is -2.10. The Labute approximate surface area is 121 Å². The molecule has 5 nitrogen and oxygen atoms in total. The predicted molar refractivity (Wildman–Crippen MR) is 75.9 cm³/mol. The van der Waals surface area contributed by atoms with Gasteiger partial charge in [-0.1, -0.05) is 29.3 Å². The zero-order valence-electron chi connectivity index (χ0n) is 10.7. The van der Waals surface area contributed by atoms with Crippen molar-refractivity contribution in [3.05, 3.63) is 27.7 Å². The van der Waals surface area contributed by atoms with E-state index in [0.29, 0.717) is 16.6 Å². The Kier molecular flexibility index (Phi) is 5.51. The fourth-order valence-corrected chi connectivity index (χ4v) is 3.24. The van der Waals surface area contributed by atoms with Gasteiger partial charge in [0.1, 0.15) is 0 Å². The highest BCUT2D eigenvalue weighted by Gasteiger charge is 2.19. The van der Waals surface area contributed by atoms with Gasteiger partial charge in [-0.3, -0.25) is 0 Å². The number of sulfonamides is 1. The third-order valence-corrected chi connectivity index (χ3v) is 4.95. The molecule has 7 heteroatoms. The van der Waals surface area contributed by atoms with Crippen LogP contribution in [0.3, 0.4) is 0 Å². The molecule has 19 heavy (non-hydrogen) atoms. The molecule has 0 heterocycles. The summed E-state index contributed by atoms with van der Waals surface area (Å²) in [5.74, 6) is -1.15. The van der Waals surface area contributed by atoms with Crippen LogP contribution in [0.4, 0.5) is 0 Å². The minimum atomic E-state index is -3.67. The first-order valence-corrected chi connectivity index (χ1v) is 8.10. The highest BCUT2D eigenvalue weighted by molar-refractivity contribution is 9.10. The van der Waals surface area contributed by atoms with Crippen molar-refractivity contribution in [2.75, 3.05) is 6.54 Å². The summed E-state index contributed by atoms with van der Waals surface area (Å²) < 4.78 is 26.9. The van der Waals surface area contributed by atoms with Gasteiger partial charge in [-0.15, -0.1) is 0 Å². The van der Waals surface area contributed by atoms with Gasteiger partial charge in [-0.2, -0.15) is 0 Å². The number of aromatic carboxylic acids is 1. The van der Waals surface area contributed by atoms with E-state index < -0.39 is 16.0 Å². The van der Waals surface area contributed by atoms with Gasteiger partial charge in [-0.05, 0) is 31.0 Å². The van der Waals surface area contributed by atoms with E-state index in [1.54, 1.807) is 6.92 Å². The number of carboxylic acids is 1. The maximum atomic E-state index is 12.0. The van der Waals surface area contributed by atoms with E-state index >= 15 is 0 Å². The molecule has 0 fully saturated rings. The van der Waals surface area contributed by atoms with Gasteiger partial charge in [0, 0.05) is 11.0 Å². The fourth-order valence-electron chi connectivity index (χ4n) is 1.50. The summed E-state index contributed by atoms with van der Waals surface area (Å²) >= 11 is 3.18. The van der Waals surface area contributed by atoms with Gasteiger partial charge < -0.3 is 5.11 Å². The van der Waals surface area contributed by atoms with Crippen molar-refractivity contribution in [2.45, 2.75) is 31.6 Å². The third-order valence-electron chi connectivity index (χ3n) is 2.68. The molecule has 0 aliphatic rings. The van der Waals surface area contributed by atoms with Crippen molar-refractivity contribution in [2.24, 2.45) is 0 Å². The number of benzene rings is 1. The zero-order chi connectivity index (χ0) is 14.6. The normalized spacial score (nSPS) is 11.5. The number of rotatable bonds is 6. The van der Waals surface area contributed by atoms with Gasteiger partial charge in [0.25, 0.3) is 0 Å². The molecular weight excluding hydrogens is 334 g/mol. The SMILES string of the molecule is CCCCNS(=O)(=O)c1cc(Br)c(C)c(C(=O)O)c1. The lowest BCUT2D eigenvalue weighted by atomic mass is 10.1. The number of hydrogen-bond donors (Lipinski definition) is 2. The second-order valence-electron chi connectivity index (χ2n) is 4.13. The van der Waals surface area contributed by atoms with E-state index in [1.165, 1.54) is 12.1 Å². The van der Waals surface area contributed by atoms with Crippen molar-refractivity contribution in [1.82, 2.24) is 4.72 Å². The van der Waals surface area contributed by atoms with Crippen LogP contribution >= 0.6 is 15.9 Å². The molecule has 0 saturated heterocycles. The topological polar surface area (TPSA) is 83.5 Å². The van der Waals surface area contributed by atoms with Crippen molar-refractivity contribution in [3.8, 4) is 0 Å². The number of halogens is 1. The molecule has 0 saturated carbocycles. The molecule has 106 valence electrons. The third kappa shape index (κ3) is 4.02. The van der Waals surface area contributed by atoms with Crippen LogP contribution in [-0.2, 0) is 10.0 Å². The maximum Gasteiger partial charge on any atom is 0.336 e. The lowest BCUT2D eigenvalue weighted by molar-refractivity contribution is 0.0695. The van der Waals surface area contributed by atoms with Gasteiger partial charge in [-0.25, -0.2) is 17.9 Å². The monoisotopic (exact) mass is 349 g/mol. The maximum absolute atomic E-state index is 12.0. The molecule has 0 aliphatic heterocycles. The molecular formula is C12H16BrNO4S. The molecule has 1 rings (SSSR count). The van der Waals surface area contributed by atoms with Gasteiger partial charge in [0.2, 0.25) is 10.0 Å². The van der Waals surface area contributed by atoms with Crippen molar-refractivity contribution in [3.63, 3.8) is 0 Å². The Morgan fingerprint density at radius 3 is 2.58 bits per heavy atom. The van der Waals surface area contributed by atoms with Crippen molar-refractivity contribution < 1.29 is 18.3 Å². The van der Waals surface area contributed by atoms with Gasteiger partial charge >= 0.3 is 5.97 Å². The number of carboxylic acid groups (broad SMARTS) is 1. The Hall–Kier alpha value is -0.920. The second-order valence-corrected chi connectivity index (χ2v) is 6.76. The van der Waals surface area contributed by atoms with E-state index in [9.17, 15) is 13.2 Å². The molecule has 0 atom stereocenters. The van der Waals surface area contributed by atoms with E-state index in [0.717, 1.165) is 12.8 Å². The Bertz CT molecular complexity index is 584. The zero-order valence-corrected chi connectivity index (χ0v) is 13.1. The molecule has 1 aromatic carbocycles. The summed E-state index contributed by atoms with van der Waals surface area (Å²) in [7, 11) is -3.67. The summed E-state index contributed by atoms with van der Waals surface area (Å²) in [6, 6.07) is 2.59. The van der Waals surface area contributed by atoms with E-state index in [-0.39, 0.29) is 10.5 Å². The Morgan fingerprint density at radius 2 is 2.05 bits per heavy atom. The molecule has 2 N–H and O–H groups in total. The van der Waals surface area contributed by atoms with Crippen LogP contribution in [0.1, 0.15) is 35.7 Å². The summed E-state index contributed by atoms with van der Waals surface area (Å²) in [4.78, 5) is 11.0. The first kappa shape index (κ1) is 16.1. The minimum absolute atomic E-state index is 0.0229. The minimum Gasteiger partial charge on any atom is -0.478 e. The first-order valence-electron chi connectivity index (χ1n) is 5.82. The second kappa shape index (κ2) is 6.49. The standard InChI is InChI=1S/C12H16BrNO4S/c1-3-4-5-14-19(17,18)9-6-10(12(15)16)8(2)11(13)7-9/h6-7,14H,3-5H2,1-2H3,(H,15,16). The molecule has 1 aromatic rings. The Balaban J connectivity index is 3.17. The Morgan fingerprint density at radius 1 is 1.42 bits per heavy atom. The average Bonchev–Trinajstić information content (AvgIpc) is 2.32. The van der Waals surface area contributed by atoms with Crippen LogP contribution < -0.4 is 4.72 Å². The lowest BCUT2D eigenvalue weighted by Crippen LogP contribution is -2.25. The summed E-state index contributed by atoms with van der Waals surface area (Å²) in [6.07, 6.45) is 1.61. The molecule has 0 aromatic heterocycles. The number of carbonyl (C=O) groups is 1. The van der Waals surface area contributed by atoms with Crippen LogP contribution in [0.25, 0.3) is 0 Å². The molecule has 0 aliphatic carbocycles. The number of hydrogen-bond acceptors (Lipinski definition) is 3. The van der Waals surface area contributed by atoms with Crippen molar-refractivity contribution in [1.29, 1.82) is 0 Å². The predicted octanol–water partition coefficient (Wildman–Crippen LogP) is 2.53. The van der Waals surface area contributed by atoms with Crippen LogP contribution in [-0.4, -0.2) is 26.0 Å². The van der Waals surface area contributed by atoms with Crippen LogP contribution in [0.15, 0.2) is 21.5 Å². The summed E-state index contributed by atoms with van der Waals surface area (Å²) in [5, 5.41) is 9.06. The van der Waals surface area contributed by atoms with E-state index in [2.05, 4.69) is 20.7 Å². The van der Waals surface area contributed by atoms with Gasteiger partial charge in [0.05, 0.1) is 10.5 Å². The van der Waals surface area contributed by atoms with Crippen molar-refractivity contribution >= 4 is 31.9 Å². The number of unbranched alkanes of at least 4 members (excludes halogenated alkanes) is 1. The van der Waals surface area contributed by atoms with Crippen LogP contribution in [0, 0.1) is 6.92 Å². The molecule has 0 amide bonds. The largest absolute Gasteiger partial charge is 0.478 e. The molecule has 0 unspecified atom stereocenters. The molecule has 0 bridgehead atoms. The quantitative estimate of drug-likeness (QED) is 0.773. The molecule has 0 spiro atoms. The smallest absolute Gasteiger partial charge is 0.336 e. The van der Waals surface area contributed by atoms with Gasteiger partial charge in [0.15, 0.2) is 0 Å². The highest BCUT2D eigenvalue weighted by atomic mass is 79.9. The average molecular weight is 350 g/mol. The van der Waals surface area contributed by atoms with Crippen LogP contribution in [0.2, 0.25) is 0 Å². The first-order chi connectivity index (χ1) is 8.79. The van der Waals surface area contributed by atoms with E-state index in [4.69, 9.17) is 5.11 Å². The van der Waals surface area contributed by atoms with Crippen LogP contribution in [0.5, 0.6) is 0 Å².